The molecular weight excluding hydrogens is 423 g/mol. The van der Waals surface area contributed by atoms with Gasteiger partial charge in [-0.1, -0.05) is 48.3 Å². The number of carbonyl (C=O) groups excluding carboxylic acids is 2. The van der Waals surface area contributed by atoms with Crippen molar-refractivity contribution in [1.29, 1.82) is 0 Å². The van der Waals surface area contributed by atoms with E-state index in [-0.39, 0.29) is 30.8 Å². The molecule has 2 atom stereocenters. The fourth-order valence-corrected chi connectivity index (χ4v) is 3.37. The van der Waals surface area contributed by atoms with Crippen molar-refractivity contribution in [2.24, 2.45) is 0 Å². The van der Waals surface area contributed by atoms with Gasteiger partial charge in [-0.05, 0) is 55.7 Å². The summed E-state index contributed by atoms with van der Waals surface area (Å²) in [4.78, 5) is 27.5. The first-order chi connectivity index (χ1) is 14.2. The van der Waals surface area contributed by atoms with Gasteiger partial charge in [-0.15, -0.1) is 0 Å². The molecule has 2 aromatic rings. The molecule has 162 valence electrons. The summed E-state index contributed by atoms with van der Waals surface area (Å²) in [5.74, 6) is 0.354. The van der Waals surface area contributed by atoms with E-state index in [9.17, 15) is 9.59 Å². The Morgan fingerprint density at radius 2 is 1.77 bits per heavy atom. The van der Waals surface area contributed by atoms with Crippen molar-refractivity contribution in [2.75, 3.05) is 7.11 Å². The maximum absolute atomic E-state index is 13.2. The quantitative estimate of drug-likeness (QED) is 0.592. The topological polar surface area (TPSA) is 58.6 Å². The van der Waals surface area contributed by atoms with Crippen LogP contribution in [0.5, 0.6) is 5.75 Å². The Hall–Kier alpha value is -2.24. The lowest BCUT2D eigenvalue weighted by Crippen LogP contribution is -2.49. The van der Waals surface area contributed by atoms with Crippen LogP contribution < -0.4 is 10.1 Å². The molecule has 0 aliphatic rings. The first kappa shape index (κ1) is 24.0. The number of amides is 2. The lowest BCUT2D eigenvalue weighted by Gasteiger charge is -2.30. The number of nitrogens with one attached hydrogen (secondary N) is 1. The standard InChI is InChI=1S/C23H28Cl2N2O3/c1-5-15(2)26-23(29)16(3)27(14-18-8-9-19(24)13-21(18)25)22(28)12-17-6-10-20(30-4)11-7-17/h6-11,13,15-16H,5,12,14H2,1-4H3,(H,26,29)/t15-,16+/m0/s1. The zero-order chi connectivity index (χ0) is 22.3. The van der Waals surface area contributed by atoms with E-state index >= 15 is 0 Å². The summed E-state index contributed by atoms with van der Waals surface area (Å²) < 4.78 is 5.17. The number of ether oxygens (including phenoxy) is 1. The van der Waals surface area contributed by atoms with Gasteiger partial charge in [0.1, 0.15) is 11.8 Å². The second-order valence-corrected chi connectivity index (χ2v) is 8.12. The zero-order valence-corrected chi connectivity index (χ0v) is 19.3. The molecule has 0 heterocycles. The van der Waals surface area contributed by atoms with Crippen molar-refractivity contribution in [3.05, 3.63) is 63.6 Å². The van der Waals surface area contributed by atoms with Crippen LogP contribution in [-0.2, 0) is 22.6 Å². The number of nitrogens with zero attached hydrogens (tertiary/aromatic N) is 1. The predicted molar refractivity (Wildman–Crippen MR) is 121 cm³/mol. The van der Waals surface area contributed by atoms with Crippen LogP contribution in [0.2, 0.25) is 10.0 Å². The minimum Gasteiger partial charge on any atom is -0.497 e. The summed E-state index contributed by atoms with van der Waals surface area (Å²) in [6.45, 7) is 5.87. The van der Waals surface area contributed by atoms with Gasteiger partial charge in [0.15, 0.2) is 0 Å². The number of hydrogen-bond acceptors (Lipinski definition) is 3. The number of benzene rings is 2. The third-order valence-electron chi connectivity index (χ3n) is 5.04. The van der Waals surface area contributed by atoms with Crippen LogP contribution in [0.15, 0.2) is 42.5 Å². The Morgan fingerprint density at radius 3 is 2.33 bits per heavy atom. The summed E-state index contributed by atoms with van der Waals surface area (Å²) in [7, 11) is 1.59. The van der Waals surface area contributed by atoms with E-state index in [0.29, 0.717) is 10.0 Å². The van der Waals surface area contributed by atoms with Crippen LogP contribution in [0.4, 0.5) is 0 Å². The van der Waals surface area contributed by atoms with Gasteiger partial charge in [-0.2, -0.15) is 0 Å². The molecule has 0 aromatic heterocycles. The summed E-state index contributed by atoms with van der Waals surface area (Å²) >= 11 is 12.3. The van der Waals surface area contributed by atoms with Crippen molar-refractivity contribution in [3.8, 4) is 5.75 Å². The highest BCUT2D eigenvalue weighted by Gasteiger charge is 2.27. The van der Waals surface area contributed by atoms with E-state index in [4.69, 9.17) is 27.9 Å². The molecule has 5 nitrogen and oxygen atoms in total. The van der Waals surface area contributed by atoms with E-state index in [0.717, 1.165) is 23.3 Å². The first-order valence-corrected chi connectivity index (χ1v) is 10.7. The number of carbonyl (C=O) groups is 2. The molecule has 0 aliphatic heterocycles. The van der Waals surface area contributed by atoms with Crippen LogP contribution in [0.3, 0.4) is 0 Å². The minimum atomic E-state index is -0.656. The molecule has 30 heavy (non-hydrogen) atoms. The van der Waals surface area contributed by atoms with Crippen molar-refractivity contribution in [2.45, 2.75) is 52.2 Å². The van der Waals surface area contributed by atoms with Crippen LogP contribution in [0.25, 0.3) is 0 Å². The molecule has 0 saturated carbocycles. The number of methoxy groups -OCH3 is 1. The molecular formula is C23H28Cl2N2O3. The minimum absolute atomic E-state index is 0.0256. The van der Waals surface area contributed by atoms with Crippen molar-refractivity contribution in [3.63, 3.8) is 0 Å². The second-order valence-electron chi connectivity index (χ2n) is 7.28. The van der Waals surface area contributed by atoms with Gasteiger partial charge in [0.25, 0.3) is 0 Å². The molecule has 0 saturated heterocycles. The number of rotatable bonds is 9. The number of hydrogen-bond donors (Lipinski definition) is 1. The average Bonchev–Trinajstić information content (AvgIpc) is 2.73. The van der Waals surface area contributed by atoms with Crippen LogP contribution in [-0.4, -0.2) is 35.9 Å². The molecule has 0 spiro atoms. The molecule has 2 amide bonds. The average molecular weight is 451 g/mol. The largest absolute Gasteiger partial charge is 0.497 e. The molecule has 2 aromatic carbocycles. The zero-order valence-electron chi connectivity index (χ0n) is 17.7. The van der Waals surface area contributed by atoms with E-state index in [1.165, 1.54) is 0 Å². The second kappa shape index (κ2) is 11.2. The van der Waals surface area contributed by atoms with Gasteiger partial charge in [-0.3, -0.25) is 9.59 Å². The molecule has 7 heteroatoms. The smallest absolute Gasteiger partial charge is 0.242 e. The third-order valence-corrected chi connectivity index (χ3v) is 5.63. The normalized spacial score (nSPS) is 12.7. The summed E-state index contributed by atoms with van der Waals surface area (Å²) in [6.07, 6.45) is 0.970. The fourth-order valence-electron chi connectivity index (χ4n) is 2.90. The van der Waals surface area contributed by atoms with Gasteiger partial charge < -0.3 is 15.0 Å². The van der Waals surface area contributed by atoms with E-state index in [2.05, 4.69) is 5.32 Å². The van der Waals surface area contributed by atoms with Gasteiger partial charge in [0, 0.05) is 22.6 Å². The van der Waals surface area contributed by atoms with Crippen LogP contribution in [0.1, 0.15) is 38.3 Å². The maximum Gasteiger partial charge on any atom is 0.242 e. The highest BCUT2D eigenvalue weighted by molar-refractivity contribution is 6.35. The van der Waals surface area contributed by atoms with Gasteiger partial charge in [-0.25, -0.2) is 0 Å². The Kier molecular flexibility index (Phi) is 9.00. The first-order valence-electron chi connectivity index (χ1n) is 9.91. The Bertz CT molecular complexity index is 871. The lowest BCUT2D eigenvalue weighted by molar-refractivity contribution is -0.140. The maximum atomic E-state index is 13.2. The summed E-state index contributed by atoms with van der Waals surface area (Å²) in [5, 5.41) is 3.92. The van der Waals surface area contributed by atoms with Gasteiger partial charge >= 0.3 is 0 Å². The molecule has 0 aliphatic carbocycles. The summed E-state index contributed by atoms with van der Waals surface area (Å²) in [6, 6.07) is 11.8. The van der Waals surface area contributed by atoms with Crippen molar-refractivity contribution in [1.82, 2.24) is 10.2 Å². The van der Waals surface area contributed by atoms with E-state index < -0.39 is 6.04 Å². The SMILES string of the molecule is CC[C@H](C)NC(=O)[C@@H](C)N(Cc1ccc(Cl)cc1Cl)C(=O)Cc1ccc(OC)cc1. The Balaban J connectivity index is 2.25. The van der Waals surface area contributed by atoms with Gasteiger partial charge in [0.2, 0.25) is 11.8 Å². The van der Waals surface area contributed by atoms with Crippen molar-refractivity contribution < 1.29 is 14.3 Å². The summed E-state index contributed by atoms with van der Waals surface area (Å²) in [5.41, 5.74) is 1.56. The third kappa shape index (κ3) is 6.64. The predicted octanol–water partition coefficient (Wildman–Crippen LogP) is 4.88. The van der Waals surface area contributed by atoms with E-state index in [1.54, 1.807) is 37.1 Å². The molecule has 0 radical (unpaired) electrons. The molecule has 0 unspecified atom stereocenters. The Labute approximate surface area is 188 Å². The highest BCUT2D eigenvalue weighted by atomic mass is 35.5. The molecule has 1 N–H and O–H groups in total. The molecule has 0 fully saturated rings. The van der Waals surface area contributed by atoms with Crippen LogP contribution >= 0.6 is 23.2 Å². The molecule has 2 rings (SSSR count). The highest BCUT2D eigenvalue weighted by Crippen LogP contribution is 2.24. The number of halogens is 2. The molecule has 0 bridgehead atoms. The lowest BCUT2D eigenvalue weighted by atomic mass is 10.1. The van der Waals surface area contributed by atoms with Crippen LogP contribution in [0, 0.1) is 0 Å². The van der Waals surface area contributed by atoms with E-state index in [1.807, 2.05) is 38.1 Å². The fraction of sp³-hybridized carbons (Fsp3) is 0.391. The monoisotopic (exact) mass is 450 g/mol. The van der Waals surface area contributed by atoms with Gasteiger partial charge in [0.05, 0.1) is 13.5 Å². The Morgan fingerprint density at radius 1 is 1.10 bits per heavy atom. The van der Waals surface area contributed by atoms with Crippen molar-refractivity contribution >= 4 is 35.0 Å².